The topological polar surface area (TPSA) is 21.3 Å². The zero-order chi connectivity index (χ0) is 14.4. The van der Waals surface area contributed by atoms with E-state index in [0.29, 0.717) is 18.5 Å². The molecule has 2 nitrogen and oxygen atoms in total. The molecule has 2 rings (SSSR count). The Labute approximate surface area is 117 Å². The molecule has 2 aromatic rings. The van der Waals surface area contributed by atoms with E-state index in [1.165, 1.54) is 18.2 Å². The fraction of sp³-hybridized carbons (Fsp3) is 0.250. The summed E-state index contributed by atoms with van der Waals surface area (Å²) in [6.45, 7) is 0.690. The Morgan fingerprint density at radius 3 is 2.60 bits per heavy atom. The van der Waals surface area contributed by atoms with Crippen molar-refractivity contribution in [3.05, 3.63) is 65.7 Å². The van der Waals surface area contributed by atoms with Crippen molar-refractivity contribution in [3.8, 4) is 5.75 Å². The van der Waals surface area contributed by atoms with Crippen molar-refractivity contribution in [2.75, 3.05) is 13.6 Å². The average Bonchev–Trinajstić information content (AvgIpc) is 2.45. The van der Waals surface area contributed by atoms with Crippen molar-refractivity contribution in [1.29, 1.82) is 0 Å². The van der Waals surface area contributed by atoms with Gasteiger partial charge in [-0.1, -0.05) is 24.3 Å². The van der Waals surface area contributed by atoms with E-state index < -0.39 is 11.9 Å². The third-order valence-electron chi connectivity index (χ3n) is 2.98. The van der Waals surface area contributed by atoms with E-state index in [1.54, 1.807) is 30.3 Å². The van der Waals surface area contributed by atoms with Gasteiger partial charge in [-0.25, -0.2) is 8.78 Å². The van der Waals surface area contributed by atoms with Gasteiger partial charge in [0.05, 0.1) is 0 Å². The molecule has 0 spiro atoms. The van der Waals surface area contributed by atoms with Crippen LogP contribution in [0.15, 0.2) is 48.5 Å². The Kier molecular flexibility index (Phi) is 5.07. The molecule has 0 heterocycles. The molecular weight excluding hydrogens is 260 g/mol. The molecular formula is C16H17F2NO. The number of benzene rings is 2. The maximum absolute atomic E-state index is 13.7. The predicted octanol–water partition coefficient (Wildman–Crippen LogP) is 3.69. The second kappa shape index (κ2) is 7.01. The molecule has 0 unspecified atom stereocenters. The molecule has 2 aromatic carbocycles. The lowest BCUT2D eigenvalue weighted by Crippen LogP contribution is -2.16. The van der Waals surface area contributed by atoms with Crippen molar-refractivity contribution in [2.45, 2.75) is 12.5 Å². The van der Waals surface area contributed by atoms with Crippen LogP contribution in [-0.4, -0.2) is 13.6 Å². The van der Waals surface area contributed by atoms with Gasteiger partial charge in [-0.05, 0) is 43.4 Å². The summed E-state index contributed by atoms with van der Waals surface area (Å²) in [5.41, 5.74) is 0.698. The molecule has 4 heteroatoms. The van der Waals surface area contributed by atoms with Crippen LogP contribution < -0.4 is 10.1 Å². The first-order chi connectivity index (χ1) is 9.70. The third kappa shape index (κ3) is 3.78. The van der Waals surface area contributed by atoms with E-state index in [1.807, 2.05) is 7.05 Å². The minimum absolute atomic E-state index is 0.179. The summed E-state index contributed by atoms with van der Waals surface area (Å²) < 4.78 is 32.7. The van der Waals surface area contributed by atoms with Crippen LogP contribution in [0.1, 0.15) is 18.1 Å². The summed E-state index contributed by atoms with van der Waals surface area (Å²) in [4.78, 5) is 0. The molecule has 20 heavy (non-hydrogen) atoms. The van der Waals surface area contributed by atoms with Gasteiger partial charge in [-0.3, -0.25) is 0 Å². The maximum Gasteiger partial charge on any atom is 0.165 e. The lowest BCUT2D eigenvalue weighted by atomic mass is 10.1. The summed E-state index contributed by atoms with van der Waals surface area (Å²) in [6, 6.07) is 12.4. The van der Waals surface area contributed by atoms with Crippen LogP contribution in [0.25, 0.3) is 0 Å². The van der Waals surface area contributed by atoms with Gasteiger partial charge in [0, 0.05) is 6.42 Å². The SMILES string of the molecule is CNCC[C@H](Oc1ccccc1F)c1cccc(F)c1. The standard InChI is InChI=1S/C16H17F2NO/c1-19-10-9-15(12-5-4-6-13(17)11-12)20-16-8-3-2-7-14(16)18/h2-8,11,15,19H,9-10H2,1H3/t15-/m0/s1. The van der Waals surface area contributed by atoms with Gasteiger partial charge in [-0.2, -0.15) is 0 Å². The van der Waals surface area contributed by atoms with Crippen LogP contribution in [-0.2, 0) is 0 Å². The van der Waals surface area contributed by atoms with Gasteiger partial charge in [0.25, 0.3) is 0 Å². The van der Waals surface area contributed by atoms with Crippen molar-refractivity contribution in [2.24, 2.45) is 0 Å². The van der Waals surface area contributed by atoms with Crippen LogP contribution in [0.3, 0.4) is 0 Å². The Balaban J connectivity index is 2.21. The summed E-state index contributed by atoms with van der Waals surface area (Å²) in [5.74, 6) is -0.565. The van der Waals surface area contributed by atoms with Crippen LogP contribution >= 0.6 is 0 Å². The van der Waals surface area contributed by atoms with Gasteiger partial charge in [0.15, 0.2) is 11.6 Å². The number of para-hydroxylation sites is 1. The van der Waals surface area contributed by atoms with Crippen molar-refractivity contribution >= 4 is 0 Å². The number of rotatable bonds is 6. The highest BCUT2D eigenvalue weighted by Gasteiger charge is 2.15. The van der Waals surface area contributed by atoms with E-state index in [2.05, 4.69) is 5.32 Å². The molecule has 0 radical (unpaired) electrons. The largest absolute Gasteiger partial charge is 0.483 e. The molecule has 1 N–H and O–H groups in total. The van der Waals surface area contributed by atoms with E-state index >= 15 is 0 Å². The first-order valence-electron chi connectivity index (χ1n) is 6.52. The minimum atomic E-state index is -0.418. The highest BCUT2D eigenvalue weighted by atomic mass is 19.1. The molecule has 0 bridgehead atoms. The first kappa shape index (κ1) is 14.5. The molecule has 0 amide bonds. The van der Waals surface area contributed by atoms with Gasteiger partial charge in [-0.15, -0.1) is 0 Å². The molecule has 0 aliphatic carbocycles. The molecule has 0 fully saturated rings. The van der Waals surface area contributed by atoms with Gasteiger partial charge < -0.3 is 10.1 Å². The number of nitrogens with one attached hydrogen (secondary N) is 1. The average molecular weight is 277 g/mol. The Hall–Kier alpha value is -1.94. The van der Waals surface area contributed by atoms with Crippen molar-refractivity contribution in [3.63, 3.8) is 0 Å². The fourth-order valence-electron chi connectivity index (χ4n) is 1.97. The monoisotopic (exact) mass is 277 g/mol. The number of ether oxygens (including phenoxy) is 1. The zero-order valence-electron chi connectivity index (χ0n) is 11.3. The van der Waals surface area contributed by atoms with Gasteiger partial charge >= 0.3 is 0 Å². The summed E-state index contributed by atoms with van der Waals surface area (Å²) in [5, 5.41) is 3.02. The molecule has 0 saturated carbocycles. The Morgan fingerprint density at radius 2 is 1.90 bits per heavy atom. The second-order valence-corrected chi connectivity index (χ2v) is 4.48. The third-order valence-corrected chi connectivity index (χ3v) is 2.98. The fourth-order valence-corrected chi connectivity index (χ4v) is 1.97. The normalized spacial score (nSPS) is 12.2. The Bertz CT molecular complexity index is 560. The lowest BCUT2D eigenvalue weighted by Gasteiger charge is -2.20. The summed E-state index contributed by atoms with van der Waals surface area (Å²) in [7, 11) is 1.83. The molecule has 0 aromatic heterocycles. The number of hydrogen-bond acceptors (Lipinski definition) is 2. The van der Waals surface area contributed by atoms with Crippen LogP contribution in [0.5, 0.6) is 5.75 Å². The molecule has 0 aliphatic rings. The molecule has 1 atom stereocenters. The quantitative estimate of drug-likeness (QED) is 0.869. The molecule has 106 valence electrons. The number of hydrogen-bond donors (Lipinski definition) is 1. The van der Waals surface area contributed by atoms with E-state index in [0.717, 1.165) is 0 Å². The van der Waals surface area contributed by atoms with Crippen molar-refractivity contribution in [1.82, 2.24) is 5.32 Å². The minimum Gasteiger partial charge on any atom is -0.483 e. The van der Waals surface area contributed by atoms with Crippen molar-refractivity contribution < 1.29 is 13.5 Å². The summed E-state index contributed by atoms with van der Waals surface area (Å²) in [6.07, 6.45) is 0.226. The Morgan fingerprint density at radius 1 is 1.10 bits per heavy atom. The lowest BCUT2D eigenvalue weighted by molar-refractivity contribution is 0.186. The van der Waals surface area contributed by atoms with E-state index in [-0.39, 0.29) is 11.6 Å². The zero-order valence-corrected chi connectivity index (χ0v) is 11.3. The highest BCUT2D eigenvalue weighted by molar-refractivity contribution is 5.26. The van der Waals surface area contributed by atoms with Crippen LogP contribution in [0.2, 0.25) is 0 Å². The highest BCUT2D eigenvalue weighted by Crippen LogP contribution is 2.26. The number of halogens is 2. The van der Waals surface area contributed by atoms with Crippen LogP contribution in [0.4, 0.5) is 8.78 Å². The van der Waals surface area contributed by atoms with E-state index in [9.17, 15) is 8.78 Å². The molecule has 0 aliphatic heterocycles. The maximum atomic E-state index is 13.7. The van der Waals surface area contributed by atoms with Gasteiger partial charge in [0.1, 0.15) is 11.9 Å². The predicted molar refractivity (Wildman–Crippen MR) is 74.7 cm³/mol. The summed E-state index contributed by atoms with van der Waals surface area (Å²) >= 11 is 0. The smallest absolute Gasteiger partial charge is 0.165 e. The molecule has 0 saturated heterocycles. The van der Waals surface area contributed by atoms with E-state index in [4.69, 9.17) is 4.74 Å². The van der Waals surface area contributed by atoms with Crippen LogP contribution in [0, 0.1) is 11.6 Å². The van der Waals surface area contributed by atoms with Gasteiger partial charge in [0.2, 0.25) is 0 Å². The first-order valence-corrected chi connectivity index (χ1v) is 6.52. The second-order valence-electron chi connectivity index (χ2n) is 4.48.